The number of nitrogens with two attached hydrogens (primary N) is 1. The Morgan fingerprint density at radius 1 is 1.08 bits per heavy atom. The van der Waals surface area contributed by atoms with Crippen LogP contribution in [-0.2, 0) is 4.74 Å². The monoisotopic (exact) mass is 169 g/mol. The molecule has 2 heteroatoms. The number of rotatable bonds is 1. The van der Waals surface area contributed by atoms with E-state index in [1.54, 1.807) is 0 Å². The summed E-state index contributed by atoms with van der Waals surface area (Å²) in [5, 5.41) is 0. The summed E-state index contributed by atoms with van der Waals surface area (Å²) in [6.45, 7) is 1.98. The summed E-state index contributed by atoms with van der Waals surface area (Å²) >= 11 is 0. The molecule has 70 valence electrons. The molecule has 2 N–H and O–H groups in total. The van der Waals surface area contributed by atoms with E-state index in [-0.39, 0.29) is 0 Å². The van der Waals surface area contributed by atoms with Crippen molar-refractivity contribution < 1.29 is 4.74 Å². The minimum Gasteiger partial charge on any atom is -0.381 e. The van der Waals surface area contributed by atoms with Gasteiger partial charge in [0.15, 0.2) is 0 Å². The molecule has 2 aliphatic rings. The van der Waals surface area contributed by atoms with Gasteiger partial charge in [-0.1, -0.05) is 6.42 Å². The third-order valence-corrected chi connectivity index (χ3v) is 3.39. The summed E-state index contributed by atoms with van der Waals surface area (Å²) in [5.74, 6) is 1.70. The molecule has 0 spiro atoms. The Morgan fingerprint density at radius 2 is 2.00 bits per heavy atom. The molecule has 3 unspecified atom stereocenters. The van der Waals surface area contributed by atoms with Gasteiger partial charge in [-0.2, -0.15) is 0 Å². The number of hydrogen-bond donors (Lipinski definition) is 1. The van der Waals surface area contributed by atoms with E-state index in [0.717, 1.165) is 25.0 Å². The standard InChI is InChI=1S/C10H19NO/c11-10-3-1-2-8(6-10)9-4-5-12-7-9/h8-10H,1-7,11H2. The van der Waals surface area contributed by atoms with Crippen LogP contribution in [0.25, 0.3) is 0 Å². The largest absolute Gasteiger partial charge is 0.381 e. The van der Waals surface area contributed by atoms with Crippen LogP contribution in [0.1, 0.15) is 32.1 Å². The molecule has 0 aromatic heterocycles. The van der Waals surface area contributed by atoms with E-state index in [4.69, 9.17) is 10.5 Å². The predicted octanol–water partition coefficient (Wildman–Crippen LogP) is 1.54. The second-order valence-electron chi connectivity index (χ2n) is 4.31. The van der Waals surface area contributed by atoms with E-state index >= 15 is 0 Å². The molecule has 1 aliphatic carbocycles. The Bertz CT molecular complexity index is 143. The highest BCUT2D eigenvalue weighted by molar-refractivity contribution is 4.81. The van der Waals surface area contributed by atoms with Gasteiger partial charge in [0.2, 0.25) is 0 Å². The molecule has 0 bridgehead atoms. The fourth-order valence-corrected chi connectivity index (χ4v) is 2.62. The van der Waals surface area contributed by atoms with E-state index in [0.29, 0.717) is 6.04 Å². The van der Waals surface area contributed by atoms with Crippen LogP contribution in [0.5, 0.6) is 0 Å². The molecule has 2 fully saturated rings. The first-order chi connectivity index (χ1) is 5.86. The lowest BCUT2D eigenvalue weighted by atomic mass is 9.78. The molecular weight excluding hydrogens is 150 g/mol. The van der Waals surface area contributed by atoms with Crippen molar-refractivity contribution in [3.63, 3.8) is 0 Å². The first-order valence-electron chi connectivity index (χ1n) is 5.19. The summed E-state index contributed by atoms with van der Waals surface area (Å²) in [5.41, 5.74) is 5.95. The van der Waals surface area contributed by atoms with Gasteiger partial charge in [0.05, 0.1) is 0 Å². The van der Waals surface area contributed by atoms with Crippen LogP contribution < -0.4 is 5.73 Å². The lowest BCUT2D eigenvalue weighted by molar-refractivity contribution is 0.156. The van der Waals surface area contributed by atoms with E-state index in [2.05, 4.69) is 0 Å². The van der Waals surface area contributed by atoms with Crippen LogP contribution >= 0.6 is 0 Å². The fraction of sp³-hybridized carbons (Fsp3) is 1.00. The quantitative estimate of drug-likeness (QED) is 0.646. The van der Waals surface area contributed by atoms with Crippen LogP contribution in [0.3, 0.4) is 0 Å². The highest BCUT2D eigenvalue weighted by atomic mass is 16.5. The van der Waals surface area contributed by atoms with Crippen LogP contribution in [0, 0.1) is 11.8 Å². The lowest BCUT2D eigenvalue weighted by Gasteiger charge is -2.30. The average Bonchev–Trinajstić information content (AvgIpc) is 2.56. The van der Waals surface area contributed by atoms with Gasteiger partial charge in [0, 0.05) is 19.3 Å². The molecule has 0 radical (unpaired) electrons. The van der Waals surface area contributed by atoms with Crippen molar-refractivity contribution in [1.29, 1.82) is 0 Å². The second kappa shape index (κ2) is 3.75. The van der Waals surface area contributed by atoms with Gasteiger partial charge in [-0.05, 0) is 37.5 Å². The third kappa shape index (κ3) is 1.80. The van der Waals surface area contributed by atoms with E-state index in [1.165, 1.54) is 32.1 Å². The summed E-state index contributed by atoms with van der Waals surface area (Å²) in [4.78, 5) is 0. The highest BCUT2D eigenvalue weighted by Gasteiger charge is 2.29. The number of hydrogen-bond acceptors (Lipinski definition) is 2. The smallest absolute Gasteiger partial charge is 0.0497 e. The van der Waals surface area contributed by atoms with Gasteiger partial charge in [0.25, 0.3) is 0 Å². The normalized spacial score (nSPS) is 43.2. The van der Waals surface area contributed by atoms with Crippen molar-refractivity contribution in [2.45, 2.75) is 38.1 Å². The minimum atomic E-state index is 0.476. The summed E-state index contributed by atoms with van der Waals surface area (Å²) in [6.07, 6.45) is 6.49. The minimum absolute atomic E-state index is 0.476. The molecule has 1 aliphatic heterocycles. The Kier molecular flexibility index (Phi) is 2.66. The maximum atomic E-state index is 5.95. The molecule has 2 rings (SSSR count). The molecule has 0 amide bonds. The Hall–Kier alpha value is -0.0800. The molecule has 1 saturated carbocycles. The zero-order valence-corrected chi connectivity index (χ0v) is 7.67. The molecule has 12 heavy (non-hydrogen) atoms. The molecule has 3 atom stereocenters. The van der Waals surface area contributed by atoms with Gasteiger partial charge in [0.1, 0.15) is 0 Å². The fourth-order valence-electron chi connectivity index (χ4n) is 2.62. The van der Waals surface area contributed by atoms with Crippen molar-refractivity contribution in [1.82, 2.24) is 0 Å². The van der Waals surface area contributed by atoms with Gasteiger partial charge in [-0.15, -0.1) is 0 Å². The van der Waals surface area contributed by atoms with Crippen molar-refractivity contribution >= 4 is 0 Å². The van der Waals surface area contributed by atoms with Gasteiger partial charge >= 0.3 is 0 Å². The van der Waals surface area contributed by atoms with Crippen molar-refractivity contribution in [3.05, 3.63) is 0 Å². The molecule has 0 aromatic carbocycles. The Balaban J connectivity index is 1.85. The van der Waals surface area contributed by atoms with Crippen LogP contribution in [0.2, 0.25) is 0 Å². The maximum absolute atomic E-state index is 5.95. The topological polar surface area (TPSA) is 35.2 Å². The van der Waals surface area contributed by atoms with E-state index < -0.39 is 0 Å². The average molecular weight is 169 g/mol. The van der Waals surface area contributed by atoms with Crippen molar-refractivity contribution in [2.24, 2.45) is 17.6 Å². The van der Waals surface area contributed by atoms with Crippen LogP contribution in [0.4, 0.5) is 0 Å². The molecule has 0 aromatic rings. The predicted molar refractivity (Wildman–Crippen MR) is 48.9 cm³/mol. The van der Waals surface area contributed by atoms with Crippen LogP contribution in [0.15, 0.2) is 0 Å². The van der Waals surface area contributed by atoms with Crippen molar-refractivity contribution in [3.8, 4) is 0 Å². The number of ether oxygens (including phenoxy) is 1. The van der Waals surface area contributed by atoms with E-state index in [9.17, 15) is 0 Å². The molecule has 2 nitrogen and oxygen atoms in total. The van der Waals surface area contributed by atoms with Crippen molar-refractivity contribution in [2.75, 3.05) is 13.2 Å². The first kappa shape index (κ1) is 8.52. The van der Waals surface area contributed by atoms with E-state index in [1.807, 2.05) is 0 Å². The molecule has 1 heterocycles. The summed E-state index contributed by atoms with van der Waals surface area (Å²) in [6, 6.07) is 0.476. The maximum Gasteiger partial charge on any atom is 0.0497 e. The zero-order valence-electron chi connectivity index (χ0n) is 7.67. The van der Waals surface area contributed by atoms with Gasteiger partial charge in [-0.25, -0.2) is 0 Å². The van der Waals surface area contributed by atoms with Gasteiger partial charge in [-0.3, -0.25) is 0 Å². The molecular formula is C10H19NO. The van der Waals surface area contributed by atoms with Gasteiger partial charge < -0.3 is 10.5 Å². The Morgan fingerprint density at radius 3 is 2.67 bits per heavy atom. The lowest BCUT2D eigenvalue weighted by Crippen LogP contribution is -2.31. The summed E-state index contributed by atoms with van der Waals surface area (Å²) in [7, 11) is 0. The first-order valence-corrected chi connectivity index (χ1v) is 5.19. The Labute approximate surface area is 74.5 Å². The third-order valence-electron chi connectivity index (χ3n) is 3.39. The molecule has 1 saturated heterocycles. The summed E-state index contributed by atoms with van der Waals surface area (Å²) < 4.78 is 5.40. The van der Waals surface area contributed by atoms with Crippen LogP contribution in [-0.4, -0.2) is 19.3 Å². The second-order valence-corrected chi connectivity index (χ2v) is 4.31. The SMILES string of the molecule is NC1CCCC(C2CCOC2)C1. The highest BCUT2D eigenvalue weighted by Crippen LogP contribution is 2.33. The zero-order chi connectivity index (χ0) is 8.39.